The van der Waals surface area contributed by atoms with Crippen molar-refractivity contribution < 1.29 is 0 Å². The van der Waals surface area contributed by atoms with E-state index in [0.29, 0.717) is 5.41 Å². The number of rotatable bonds is 1. The lowest BCUT2D eigenvalue weighted by Crippen LogP contribution is -2.08. The minimum atomic E-state index is 0. The molecule has 0 aromatic heterocycles. The lowest BCUT2D eigenvalue weighted by molar-refractivity contribution is 0.320. The van der Waals surface area contributed by atoms with E-state index in [0.717, 1.165) is 5.92 Å². The lowest BCUT2D eigenvalue weighted by Gasteiger charge is -2.19. The van der Waals surface area contributed by atoms with Crippen molar-refractivity contribution in [1.29, 1.82) is 0 Å². The Hall–Kier alpha value is -0.0400. The Kier molecular flexibility index (Phi) is 5.06. The van der Waals surface area contributed by atoms with Gasteiger partial charge in [-0.3, -0.25) is 0 Å². The van der Waals surface area contributed by atoms with Gasteiger partial charge in [-0.15, -0.1) is 0 Å². The summed E-state index contributed by atoms with van der Waals surface area (Å²) in [5.41, 5.74) is 0.522. The van der Waals surface area contributed by atoms with Gasteiger partial charge in [0.15, 0.2) is 0 Å². The third-order valence-corrected chi connectivity index (χ3v) is 1.02. The van der Waals surface area contributed by atoms with Crippen LogP contribution in [0.4, 0.5) is 0 Å². The maximum atomic E-state index is 2.28. The molecule has 1 nitrogen and oxygen atoms in total. The highest BCUT2D eigenvalue weighted by Gasteiger charge is 2.11. The van der Waals surface area contributed by atoms with E-state index in [9.17, 15) is 0 Å². The lowest BCUT2D eigenvalue weighted by atomic mass is 9.86. The van der Waals surface area contributed by atoms with Crippen molar-refractivity contribution in [2.75, 3.05) is 0 Å². The first-order chi connectivity index (χ1) is 3.42. The fourth-order valence-corrected chi connectivity index (χ4v) is 1.22. The van der Waals surface area contributed by atoms with Crippen molar-refractivity contribution in [3.63, 3.8) is 0 Å². The molecule has 0 amide bonds. The fourth-order valence-electron chi connectivity index (χ4n) is 1.22. The summed E-state index contributed by atoms with van der Waals surface area (Å²) >= 11 is 0. The summed E-state index contributed by atoms with van der Waals surface area (Å²) in [6, 6.07) is 0. The predicted molar refractivity (Wildman–Crippen MR) is 43.9 cm³/mol. The highest BCUT2D eigenvalue weighted by atomic mass is 14.2. The Bertz CT molecular complexity index is 59.5. The van der Waals surface area contributed by atoms with Gasteiger partial charge in [0.05, 0.1) is 0 Å². The maximum Gasteiger partial charge on any atom is -0.0380 e. The molecule has 0 atom stereocenters. The van der Waals surface area contributed by atoms with Crippen LogP contribution >= 0.6 is 0 Å². The van der Waals surface area contributed by atoms with Crippen molar-refractivity contribution in [2.45, 2.75) is 41.0 Å². The van der Waals surface area contributed by atoms with Crippen LogP contribution in [-0.4, -0.2) is 0 Å². The Morgan fingerprint density at radius 2 is 1.44 bits per heavy atom. The van der Waals surface area contributed by atoms with Crippen LogP contribution in [0, 0.1) is 11.3 Å². The molecule has 58 valence electrons. The SMILES string of the molecule is CC(C)CC(C)(C)C.N. The van der Waals surface area contributed by atoms with E-state index in [-0.39, 0.29) is 6.15 Å². The number of hydrogen-bond acceptors (Lipinski definition) is 1. The zero-order chi connectivity index (χ0) is 6.78. The first-order valence-electron chi connectivity index (χ1n) is 3.42. The summed E-state index contributed by atoms with van der Waals surface area (Å²) in [5.74, 6) is 0.843. The molecule has 0 aliphatic carbocycles. The van der Waals surface area contributed by atoms with E-state index in [4.69, 9.17) is 0 Å². The average Bonchev–Trinajstić information content (AvgIpc) is 1.21. The quantitative estimate of drug-likeness (QED) is 0.582. The minimum absolute atomic E-state index is 0. The van der Waals surface area contributed by atoms with Crippen LogP contribution in [0.5, 0.6) is 0 Å². The van der Waals surface area contributed by atoms with E-state index in [1.165, 1.54) is 6.42 Å². The van der Waals surface area contributed by atoms with Crippen LogP contribution in [0.15, 0.2) is 0 Å². The molecule has 1 heteroatoms. The third-order valence-electron chi connectivity index (χ3n) is 1.02. The molecular weight excluding hydrogens is 110 g/mol. The highest BCUT2D eigenvalue weighted by molar-refractivity contribution is 4.62. The van der Waals surface area contributed by atoms with Crippen LogP contribution in [0.1, 0.15) is 41.0 Å². The van der Waals surface area contributed by atoms with Crippen LogP contribution in [0.3, 0.4) is 0 Å². The van der Waals surface area contributed by atoms with Gasteiger partial charge in [0.2, 0.25) is 0 Å². The third kappa shape index (κ3) is 11.5. The van der Waals surface area contributed by atoms with E-state index in [2.05, 4.69) is 34.6 Å². The van der Waals surface area contributed by atoms with Crippen LogP contribution in [0.2, 0.25) is 0 Å². The van der Waals surface area contributed by atoms with Crippen molar-refractivity contribution in [1.82, 2.24) is 6.15 Å². The molecular formula is C8H21N. The molecule has 0 spiro atoms. The predicted octanol–water partition coefficient (Wildman–Crippen LogP) is 3.24. The maximum absolute atomic E-state index is 2.28. The number of hydrogen-bond donors (Lipinski definition) is 1. The second kappa shape index (κ2) is 3.89. The molecule has 0 unspecified atom stereocenters. The van der Waals surface area contributed by atoms with Gasteiger partial charge in [0, 0.05) is 0 Å². The molecule has 0 saturated carbocycles. The van der Waals surface area contributed by atoms with Crippen LogP contribution in [-0.2, 0) is 0 Å². The zero-order valence-corrected chi connectivity index (χ0v) is 7.49. The van der Waals surface area contributed by atoms with Gasteiger partial charge in [0.1, 0.15) is 0 Å². The summed E-state index contributed by atoms with van der Waals surface area (Å²) in [4.78, 5) is 0. The van der Waals surface area contributed by atoms with Gasteiger partial charge < -0.3 is 6.15 Å². The fraction of sp³-hybridized carbons (Fsp3) is 1.00. The Labute approximate surface area is 59.4 Å². The monoisotopic (exact) mass is 131 g/mol. The van der Waals surface area contributed by atoms with Gasteiger partial charge in [-0.05, 0) is 17.8 Å². The van der Waals surface area contributed by atoms with Gasteiger partial charge in [0.25, 0.3) is 0 Å². The van der Waals surface area contributed by atoms with Crippen LogP contribution < -0.4 is 6.15 Å². The molecule has 0 rings (SSSR count). The summed E-state index contributed by atoms with van der Waals surface area (Å²) in [6.45, 7) is 11.4. The molecule has 0 heterocycles. The summed E-state index contributed by atoms with van der Waals surface area (Å²) in [7, 11) is 0. The van der Waals surface area contributed by atoms with Gasteiger partial charge in [-0.1, -0.05) is 34.6 Å². The smallest absolute Gasteiger partial charge is 0.0380 e. The van der Waals surface area contributed by atoms with Crippen molar-refractivity contribution in [3.8, 4) is 0 Å². The second-order valence-corrected chi connectivity index (χ2v) is 4.16. The van der Waals surface area contributed by atoms with Crippen molar-refractivity contribution >= 4 is 0 Å². The van der Waals surface area contributed by atoms with Crippen molar-refractivity contribution in [3.05, 3.63) is 0 Å². The minimum Gasteiger partial charge on any atom is -0.344 e. The van der Waals surface area contributed by atoms with Gasteiger partial charge in [-0.2, -0.15) is 0 Å². The molecule has 0 aliphatic heterocycles. The van der Waals surface area contributed by atoms with Gasteiger partial charge in [-0.25, -0.2) is 0 Å². The Morgan fingerprint density at radius 3 is 1.44 bits per heavy atom. The normalized spacial score (nSPS) is 11.3. The van der Waals surface area contributed by atoms with Crippen LogP contribution in [0.25, 0.3) is 0 Å². The highest BCUT2D eigenvalue weighted by Crippen LogP contribution is 2.23. The molecule has 0 saturated heterocycles. The van der Waals surface area contributed by atoms with E-state index < -0.39 is 0 Å². The Morgan fingerprint density at radius 1 is 1.11 bits per heavy atom. The average molecular weight is 131 g/mol. The second-order valence-electron chi connectivity index (χ2n) is 4.16. The summed E-state index contributed by atoms with van der Waals surface area (Å²) < 4.78 is 0. The molecule has 3 N–H and O–H groups in total. The summed E-state index contributed by atoms with van der Waals surface area (Å²) in [5, 5.41) is 0. The van der Waals surface area contributed by atoms with E-state index in [1.807, 2.05) is 0 Å². The standard InChI is InChI=1S/C8H18.H3N/c1-7(2)6-8(3,4)5;/h7H,6H2,1-5H3;1H3. The van der Waals surface area contributed by atoms with E-state index in [1.54, 1.807) is 0 Å². The largest absolute Gasteiger partial charge is 0.344 e. The summed E-state index contributed by atoms with van der Waals surface area (Å²) in [6.07, 6.45) is 1.33. The molecule has 0 fully saturated rings. The first-order valence-corrected chi connectivity index (χ1v) is 3.42. The molecule has 0 aliphatic rings. The molecule has 0 aromatic carbocycles. The van der Waals surface area contributed by atoms with Gasteiger partial charge >= 0.3 is 0 Å². The molecule has 0 bridgehead atoms. The molecule has 0 aromatic rings. The first kappa shape index (κ1) is 11.7. The van der Waals surface area contributed by atoms with E-state index >= 15 is 0 Å². The molecule has 9 heavy (non-hydrogen) atoms. The van der Waals surface area contributed by atoms with Crippen molar-refractivity contribution in [2.24, 2.45) is 11.3 Å². The topological polar surface area (TPSA) is 35.0 Å². The molecule has 0 radical (unpaired) electrons. The Balaban J connectivity index is 0. The zero-order valence-electron chi connectivity index (χ0n) is 7.49.